The van der Waals surface area contributed by atoms with Gasteiger partial charge in [0.1, 0.15) is 11.6 Å². The van der Waals surface area contributed by atoms with E-state index in [1.54, 1.807) is 0 Å². The predicted molar refractivity (Wildman–Crippen MR) is 106 cm³/mol. The zero-order chi connectivity index (χ0) is 22.1. The number of halogens is 1. The molecule has 1 unspecified atom stereocenters. The van der Waals surface area contributed by atoms with E-state index in [0.717, 1.165) is 17.0 Å². The zero-order valence-corrected chi connectivity index (χ0v) is 15.7. The van der Waals surface area contributed by atoms with Crippen LogP contribution in [-0.2, 0) is 9.59 Å². The summed E-state index contributed by atoms with van der Waals surface area (Å²) in [5.74, 6) is -3.24. The number of rotatable bonds is 4. The number of anilines is 1. The van der Waals surface area contributed by atoms with Crippen LogP contribution in [0.2, 0.25) is 0 Å². The maximum absolute atomic E-state index is 13.3. The van der Waals surface area contributed by atoms with Gasteiger partial charge in [0.2, 0.25) is 5.95 Å². The standard InChI is InChI=1S/C21H13FN4O5/c22-14-7-5-12(6-8-14)18(27)16-17(13-3-1-4-15(11-13)26(30)31)25(20(29)19(16)28)21-23-9-2-10-24-21/h1-11,17,27H/b18-16+. The summed E-state index contributed by atoms with van der Waals surface area (Å²) in [6, 6.07) is 10.3. The molecule has 4 rings (SSSR count). The fourth-order valence-corrected chi connectivity index (χ4v) is 3.34. The number of carbonyl (C=O) groups excluding carboxylic acids is 2. The summed E-state index contributed by atoms with van der Waals surface area (Å²) in [5, 5.41) is 22.1. The van der Waals surface area contributed by atoms with E-state index in [1.165, 1.54) is 54.9 Å². The number of ketones is 1. The second-order valence-corrected chi connectivity index (χ2v) is 6.58. The normalized spacial score (nSPS) is 17.7. The number of hydrogen-bond acceptors (Lipinski definition) is 7. The van der Waals surface area contributed by atoms with E-state index >= 15 is 0 Å². The van der Waals surface area contributed by atoms with Gasteiger partial charge in [-0.3, -0.25) is 24.6 Å². The van der Waals surface area contributed by atoms with Crippen LogP contribution in [0.3, 0.4) is 0 Å². The van der Waals surface area contributed by atoms with Crippen LogP contribution < -0.4 is 4.90 Å². The van der Waals surface area contributed by atoms with Crippen molar-refractivity contribution in [1.29, 1.82) is 0 Å². The van der Waals surface area contributed by atoms with Crippen LogP contribution in [0.5, 0.6) is 0 Å². The number of Topliss-reactive ketones (excluding diaryl/α,β-unsaturated/α-hetero) is 1. The lowest BCUT2D eigenvalue weighted by molar-refractivity contribution is -0.384. The third-order valence-corrected chi connectivity index (χ3v) is 4.73. The highest BCUT2D eigenvalue weighted by molar-refractivity contribution is 6.51. The van der Waals surface area contributed by atoms with Crippen LogP contribution in [0.4, 0.5) is 16.0 Å². The molecule has 3 aromatic rings. The number of nitro benzene ring substituents is 1. The second-order valence-electron chi connectivity index (χ2n) is 6.58. The van der Waals surface area contributed by atoms with Gasteiger partial charge in [-0.05, 0) is 35.9 Å². The number of aromatic nitrogens is 2. The molecule has 1 fully saturated rings. The molecule has 0 aliphatic carbocycles. The number of carbonyl (C=O) groups is 2. The van der Waals surface area contributed by atoms with Gasteiger partial charge in [-0.15, -0.1) is 0 Å². The maximum atomic E-state index is 13.3. The van der Waals surface area contributed by atoms with E-state index in [-0.39, 0.29) is 28.3 Å². The van der Waals surface area contributed by atoms with Gasteiger partial charge < -0.3 is 5.11 Å². The summed E-state index contributed by atoms with van der Waals surface area (Å²) in [6.07, 6.45) is 2.73. The highest BCUT2D eigenvalue weighted by Gasteiger charge is 2.48. The number of aliphatic hydroxyl groups excluding tert-OH is 1. The molecular formula is C21H13FN4O5. The first kappa shape index (κ1) is 19.8. The number of amides is 1. The van der Waals surface area contributed by atoms with E-state index in [9.17, 15) is 29.2 Å². The quantitative estimate of drug-likeness (QED) is 0.226. The van der Waals surface area contributed by atoms with Crippen LogP contribution in [0.1, 0.15) is 17.2 Å². The molecule has 2 aromatic carbocycles. The van der Waals surface area contributed by atoms with Crippen LogP contribution >= 0.6 is 0 Å². The molecule has 1 aliphatic heterocycles. The van der Waals surface area contributed by atoms with E-state index in [4.69, 9.17) is 0 Å². The second kappa shape index (κ2) is 7.75. The molecule has 0 bridgehead atoms. The molecule has 0 saturated carbocycles. The van der Waals surface area contributed by atoms with E-state index in [1.807, 2.05) is 0 Å². The van der Waals surface area contributed by atoms with Crippen molar-refractivity contribution in [3.05, 3.63) is 99.6 Å². The molecule has 0 spiro atoms. The highest BCUT2D eigenvalue weighted by Crippen LogP contribution is 2.41. The van der Waals surface area contributed by atoms with Gasteiger partial charge in [0.05, 0.1) is 16.5 Å². The summed E-state index contributed by atoms with van der Waals surface area (Å²) in [6.45, 7) is 0. The number of aliphatic hydroxyl groups is 1. The fraction of sp³-hybridized carbons (Fsp3) is 0.0476. The molecule has 1 aliphatic rings. The van der Waals surface area contributed by atoms with Gasteiger partial charge in [-0.25, -0.2) is 14.4 Å². The molecule has 1 N–H and O–H groups in total. The number of hydrogen-bond donors (Lipinski definition) is 1. The smallest absolute Gasteiger partial charge is 0.302 e. The Hall–Kier alpha value is -4.47. The minimum atomic E-state index is -1.23. The SMILES string of the molecule is O=C1C(=O)N(c2ncccn2)C(c2cccc([N+](=O)[O-])c2)/C1=C(\O)c1ccc(F)cc1. The van der Waals surface area contributed by atoms with Crippen molar-refractivity contribution in [2.45, 2.75) is 6.04 Å². The molecule has 1 aromatic heterocycles. The van der Waals surface area contributed by atoms with Gasteiger partial charge in [-0.2, -0.15) is 0 Å². The van der Waals surface area contributed by atoms with E-state index < -0.39 is 34.2 Å². The van der Waals surface area contributed by atoms with Crippen LogP contribution in [0, 0.1) is 15.9 Å². The van der Waals surface area contributed by atoms with Crippen molar-refractivity contribution < 1.29 is 24.0 Å². The minimum absolute atomic E-state index is 0.101. The van der Waals surface area contributed by atoms with Gasteiger partial charge in [0.15, 0.2) is 0 Å². The largest absolute Gasteiger partial charge is 0.507 e. The molecule has 1 saturated heterocycles. The third kappa shape index (κ3) is 3.50. The lowest BCUT2D eigenvalue weighted by atomic mass is 9.95. The highest BCUT2D eigenvalue weighted by atomic mass is 19.1. The van der Waals surface area contributed by atoms with Gasteiger partial charge in [-0.1, -0.05) is 12.1 Å². The zero-order valence-electron chi connectivity index (χ0n) is 15.7. The Morgan fingerprint density at radius 2 is 1.74 bits per heavy atom. The molecule has 31 heavy (non-hydrogen) atoms. The van der Waals surface area contributed by atoms with Crippen LogP contribution in [-0.4, -0.2) is 31.7 Å². The summed E-state index contributed by atoms with van der Waals surface area (Å²) < 4.78 is 13.3. The van der Waals surface area contributed by atoms with Crippen molar-refractivity contribution in [2.24, 2.45) is 0 Å². The van der Waals surface area contributed by atoms with Gasteiger partial charge >= 0.3 is 5.91 Å². The van der Waals surface area contributed by atoms with Crippen molar-refractivity contribution in [1.82, 2.24) is 9.97 Å². The fourth-order valence-electron chi connectivity index (χ4n) is 3.34. The molecule has 154 valence electrons. The molecular weight excluding hydrogens is 407 g/mol. The van der Waals surface area contributed by atoms with Crippen molar-refractivity contribution in [3.63, 3.8) is 0 Å². The Kier molecular flexibility index (Phi) is 4.96. The minimum Gasteiger partial charge on any atom is -0.507 e. The lowest BCUT2D eigenvalue weighted by Gasteiger charge is -2.23. The van der Waals surface area contributed by atoms with Gasteiger partial charge in [0.25, 0.3) is 11.5 Å². The van der Waals surface area contributed by atoms with E-state index in [0.29, 0.717) is 0 Å². The lowest BCUT2D eigenvalue weighted by Crippen LogP contribution is -2.31. The first-order valence-electron chi connectivity index (χ1n) is 8.97. The van der Waals surface area contributed by atoms with Crippen molar-refractivity contribution in [3.8, 4) is 0 Å². The number of benzene rings is 2. The summed E-state index contributed by atoms with van der Waals surface area (Å²) in [7, 11) is 0. The average molecular weight is 420 g/mol. The summed E-state index contributed by atoms with van der Waals surface area (Å²) >= 11 is 0. The molecule has 2 heterocycles. The summed E-state index contributed by atoms with van der Waals surface area (Å²) in [5.41, 5.74) is -0.281. The van der Waals surface area contributed by atoms with Crippen LogP contribution in [0.15, 0.2) is 72.6 Å². The number of nitro groups is 1. The Bertz CT molecular complexity index is 1230. The maximum Gasteiger partial charge on any atom is 0.302 e. The average Bonchev–Trinajstić information content (AvgIpc) is 3.05. The van der Waals surface area contributed by atoms with E-state index in [2.05, 4.69) is 9.97 Å². The molecule has 1 atom stereocenters. The van der Waals surface area contributed by atoms with Crippen LogP contribution in [0.25, 0.3) is 5.76 Å². The molecule has 1 amide bonds. The summed E-state index contributed by atoms with van der Waals surface area (Å²) in [4.78, 5) is 45.4. The van der Waals surface area contributed by atoms with Gasteiger partial charge in [0, 0.05) is 30.1 Å². The molecule has 0 radical (unpaired) electrons. The first-order valence-corrected chi connectivity index (χ1v) is 8.97. The Balaban J connectivity index is 1.96. The predicted octanol–water partition coefficient (Wildman–Crippen LogP) is 3.15. The Labute approximate surface area is 174 Å². The topological polar surface area (TPSA) is 127 Å². The Morgan fingerprint density at radius 3 is 2.39 bits per heavy atom. The van der Waals surface area contributed by atoms with Crippen molar-refractivity contribution in [2.75, 3.05) is 4.90 Å². The monoisotopic (exact) mass is 420 g/mol. The Morgan fingerprint density at radius 1 is 1.06 bits per heavy atom. The van der Waals surface area contributed by atoms with Crippen molar-refractivity contribution >= 4 is 29.1 Å². The molecule has 10 heteroatoms. The molecule has 9 nitrogen and oxygen atoms in total. The number of non-ortho nitro benzene ring substituents is 1. The number of nitrogens with zero attached hydrogens (tertiary/aromatic N) is 4. The third-order valence-electron chi connectivity index (χ3n) is 4.73. The first-order chi connectivity index (χ1) is 14.9.